The second kappa shape index (κ2) is 7.68. The molecule has 0 aliphatic rings. The molecule has 0 aromatic heterocycles. The maximum Gasteiger partial charge on any atom is 0.276 e. The van der Waals surface area contributed by atoms with Crippen LogP contribution in [0, 0.1) is 10.1 Å². The van der Waals surface area contributed by atoms with Gasteiger partial charge in [-0.3, -0.25) is 10.1 Å². The molecule has 2 rings (SSSR count). The van der Waals surface area contributed by atoms with Crippen LogP contribution in [-0.4, -0.2) is 26.7 Å². The quantitative estimate of drug-likeness (QED) is 0.452. The number of benzene rings is 2. The highest BCUT2D eigenvalue weighted by Crippen LogP contribution is 2.33. The van der Waals surface area contributed by atoms with Crippen molar-refractivity contribution in [2.75, 3.05) is 7.11 Å². The van der Waals surface area contributed by atoms with E-state index in [2.05, 4.69) is 5.10 Å². The Hall–Kier alpha value is -2.36. The first-order valence-corrected chi connectivity index (χ1v) is 8.81. The Morgan fingerprint density at radius 2 is 1.88 bits per heavy atom. The lowest BCUT2D eigenvalue weighted by Crippen LogP contribution is -2.18. The highest BCUT2D eigenvalue weighted by molar-refractivity contribution is 7.89. The predicted molar refractivity (Wildman–Crippen MR) is 94.0 cm³/mol. The fourth-order valence-corrected chi connectivity index (χ4v) is 3.32. The Labute approximate surface area is 153 Å². The molecular formula is C14H11Cl2N3O5S. The first-order valence-electron chi connectivity index (χ1n) is 6.57. The number of hydrazone groups is 1. The van der Waals surface area contributed by atoms with Gasteiger partial charge in [0, 0.05) is 12.1 Å². The molecule has 0 bridgehead atoms. The largest absolute Gasteiger partial charge is 0.494 e. The minimum atomic E-state index is -4.06. The molecule has 2 aromatic rings. The normalized spacial score (nSPS) is 11.5. The van der Waals surface area contributed by atoms with E-state index in [9.17, 15) is 18.5 Å². The van der Waals surface area contributed by atoms with E-state index < -0.39 is 14.9 Å². The number of non-ortho nitro benzene ring substituents is 1. The first kappa shape index (κ1) is 19.0. The Morgan fingerprint density at radius 1 is 1.24 bits per heavy atom. The van der Waals surface area contributed by atoms with Gasteiger partial charge in [-0.1, -0.05) is 29.3 Å². The van der Waals surface area contributed by atoms with E-state index in [1.54, 1.807) is 0 Å². The third-order valence-electron chi connectivity index (χ3n) is 2.95. The molecule has 0 atom stereocenters. The highest BCUT2D eigenvalue weighted by atomic mass is 35.5. The SMILES string of the molecule is COc1c(Cl)cc(/C=N/NS(=O)(=O)c2cccc([N+](=O)[O-])c2)cc1Cl. The molecule has 8 nitrogen and oxygen atoms in total. The summed E-state index contributed by atoms with van der Waals surface area (Å²) in [5, 5.41) is 14.8. The van der Waals surface area contributed by atoms with E-state index >= 15 is 0 Å². The van der Waals surface area contributed by atoms with Gasteiger partial charge in [0.05, 0.1) is 33.2 Å². The number of hydrogen-bond donors (Lipinski definition) is 1. The lowest BCUT2D eigenvalue weighted by Gasteiger charge is -2.06. The third-order valence-corrected chi connectivity index (χ3v) is 4.73. The molecule has 0 aliphatic carbocycles. The number of nitro benzene ring substituents is 1. The van der Waals surface area contributed by atoms with Crippen LogP contribution >= 0.6 is 23.2 Å². The van der Waals surface area contributed by atoms with Gasteiger partial charge >= 0.3 is 0 Å². The zero-order valence-corrected chi connectivity index (χ0v) is 15.0. The van der Waals surface area contributed by atoms with Crippen LogP contribution < -0.4 is 9.57 Å². The van der Waals surface area contributed by atoms with Crippen molar-refractivity contribution >= 4 is 45.1 Å². The Morgan fingerprint density at radius 3 is 2.44 bits per heavy atom. The van der Waals surface area contributed by atoms with E-state index in [0.717, 1.165) is 6.07 Å². The monoisotopic (exact) mass is 403 g/mol. The Kier molecular flexibility index (Phi) is 5.83. The van der Waals surface area contributed by atoms with Crippen LogP contribution in [0.25, 0.3) is 0 Å². The number of methoxy groups -OCH3 is 1. The molecule has 0 aliphatic heterocycles. The third kappa shape index (κ3) is 4.59. The summed E-state index contributed by atoms with van der Waals surface area (Å²) >= 11 is 11.9. The number of rotatable bonds is 6. The van der Waals surface area contributed by atoms with Crippen molar-refractivity contribution in [2.45, 2.75) is 4.90 Å². The first-order chi connectivity index (χ1) is 11.7. The van der Waals surface area contributed by atoms with Gasteiger partial charge in [0.15, 0.2) is 5.75 Å². The molecule has 0 saturated carbocycles. The summed E-state index contributed by atoms with van der Waals surface area (Å²) in [5.41, 5.74) is 0.0816. The zero-order chi connectivity index (χ0) is 18.6. The minimum absolute atomic E-state index is 0.234. The summed E-state index contributed by atoms with van der Waals surface area (Å²) in [6.07, 6.45) is 1.19. The van der Waals surface area contributed by atoms with Gasteiger partial charge in [0.1, 0.15) is 0 Å². The fourth-order valence-electron chi connectivity index (χ4n) is 1.84. The van der Waals surface area contributed by atoms with E-state index in [1.165, 1.54) is 43.7 Å². The van der Waals surface area contributed by atoms with Crippen LogP contribution in [0.5, 0.6) is 5.75 Å². The average molecular weight is 404 g/mol. The van der Waals surface area contributed by atoms with Gasteiger partial charge in [0.2, 0.25) is 0 Å². The standard InChI is InChI=1S/C14H11Cl2N3O5S/c1-24-14-12(15)5-9(6-13(14)16)8-17-18-25(22,23)11-4-2-3-10(7-11)19(20)21/h2-8,18H,1H3/b17-8+. The summed E-state index contributed by atoms with van der Waals surface area (Å²) in [7, 11) is -2.65. The van der Waals surface area contributed by atoms with Crippen molar-refractivity contribution in [3.05, 3.63) is 62.1 Å². The van der Waals surface area contributed by atoms with E-state index in [-0.39, 0.29) is 26.4 Å². The number of nitrogens with zero attached hydrogens (tertiary/aromatic N) is 2. The lowest BCUT2D eigenvalue weighted by atomic mass is 10.2. The number of nitro groups is 1. The highest BCUT2D eigenvalue weighted by Gasteiger charge is 2.16. The maximum absolute atomic E-state index is 12.1. The Balaban J connectivity index is 2.21. The Bertz CT molecular complexity index is 924. The van der Waals surface area contributed by atoms with Crippen LogP contribution in [0.3, 0.4) is 0 Å². The summed E-state index contributed by atoms with van der Waals surface area (Å²) in [5.74, 6) is 0.289. The number of ether oxygens (including phenoxy) is 1. The molecule has 0 unspecified atom stereocenters. The molecule has 1 N–H and O–H groups in total. The van der Waals surface area contributed by atoms with Gasteiger partial charge in [0.25, 0.3) is 15.7 Å². The summed E-state index contributed by atoms with van der Waals surface area (Å²) in [6, 6.07) is 7.56. The van der Waals surface area contributed by atoms with E-state index in [4.69, 9.17) is 27.9 Å². The molecule has 0 fully saturated rings. The second-order valence-corrected chi connectivity index (χ2v) is 7.10. The zero-order valence-electron chi connectivity index (χ0n) is 12.6. The number of halogens is 2. The molecule has 0 radical (unpaired) electrons. The fraction of sp³-hybridized carbons (Fsp3) is 0.0714. The van der Waals surface area contributed by atoms with Gasteiger partial charge < -0.3 is 4.74 Å². The van der Waals surface area contributed by atoms with E-state index in [0.29, 0.717) is 5.56 Å². The van der Waals surface area contributed by atoms with Crippen LogP contribution in [-0.2, 0) is 10.0 Å². The average Bonchev–Trinajstić information content (AvgIpc) is 2.54. The molecule has 2 aromatic carbocycles. The summed E-state index contributed by atoms with van der Waals surface area (Å²) in [4.78, 5) is 11.7. The van der Waals surface area contributed by atoms with Crippen LogP contribution in [0.4, 0.5) is 5.69 Å². The molecule has 0 amide bonds. The van der Waals surface area contributed by atoms with Crippen LogP contribution in [0.2, 0.25) is 10.0 Å². The predicted octanol–water partition coefficient (Wildman–Crippen LogP) is 3.22. The number of sulfonamides is 1. The molecule has 11 heteroatoms. The van der Waals surface area contributed by atoms with Gasteiger partial charge in [-0.25, -0.2) is 4.83 Å². The minimum Gasteiger partial charge on any atom is -0.494 e. The number of hydrogen-bond acceptors (Lipinski definition) is 6. The van der Waals surface area contributed by atoms with Crippen molar-refractivity contribution in [3.8, 4) is 5.75 Å². The van der Waals surface area contributed by atoms with Crippen molar-refractivity contribution in [1.82, 2.24) is 4.83 Å². The molecule has 0 saturated heterocycles. The molecule has 25 heavy (non-hydrogen) atoms. The topological polar surface area (TPSA) is 111 Å². The second-order valence-electron chi connectivity index (χ2n) is 4.63. The molecule has 0 spiro atoms. The van der Waals surface area contributed by atoms with Crippen molar-refractivity contribution in [3.63, 3.8) is 0 Å². The van der Waals surface area contributed by atoms with Crippen molar-refractivity contribution in [1.29, 1.82) is 0 Å². The van der Waals surface area contributed by atoms with Crippen LogP contribution in [0.1, 0.15) is 5.56 Å². The smallest absolute Gasteiger partial charge is 0.276 e. The molecule has 0 heterocycles. The lowest BCUT2D eigenvalue weighted by molar-refractivity contribution is -0.385. The summed E-state index contributed by atoms with van der Waals surface area (Å²) in [6.45, 7) is 0. The van der Waals surface area contributed by atoms with Crippen molar-refractivity contribution in [2.24, 2.45) is 5.10 Å². The number of nitrogens with one attached hydrogen (secondary N) is 1. The van der Waals surface area contributed by atoms with Gasteiger partial charge in [-0.15, -0.1) is 0 Å². The summed E-state index contributed by atoms with van der Waals surface area (Å²) < 4.78 is 29.2. The van der Waals surface area contributed by atoms with Crippen LogP contribution in [0.15, 0.2) is 46.4 Å². The van der Waals surface area contributed by atoms with Gasteiger partial charge in [-0.05, 0) is 23.8 Å². The van der Waals surface area contributed by atoms with E-state index in [1.807, 2.05) is 4.83 Å². The maximum atomic E-state index is 12.1. The van der Waals surface area contributed by atoms with Gasteiger partial charge in [-0.2, -0.15) is 13.5 Å². The van der Waals surface area contributed by atoms with Crippen molar-refractivity contribution < 1.29 is 18.1 Å². The molecule has 132 valence electrons. The molecular weight excluding hydrogens is 393 g/mol.